The lowest BCUT2D eigenvalue weighted by molar-refractivity contribution is 0.291. The molecule has 2 heteroatoms. The van der Waals surface area contributed by atoms with Crippen molar-refractivity contribution in [3.8, 4) is 12.1 Å². The zero-order chi connectivity index (χ0) is 8.20. The fourth-order valence-corrected chi connectivity index (χ4v) is 0.532. The zero-order valence-electron chi connectivity index (χ0n) is 6.68. The molecule has 0 rings (SSSR count). The predicted octanol–water partition coefficient (Wildman–Crippen LogP) is 2.09. The third kappa shape index (κ3) is 2.07. The van der Waals surface area contributed by atoms with Crippen LogP contribution in [0.5, 0.6) is 0 Å². The van der Waals surface area contributed by atoms with Crippen molar-refractivity contribution in [2.45, 2.75) is 27.2 Å². The van der Waals surface area contributed by atoms with E-state index >= 15 is 0 Å². The van der Waals surface area contributed by atoms with Gasteiger partial charge in [0.15, 0.2) is 0 Å². The summed E-state index contributed by atoms with van der Waals surface area (Å²) < 4.78 is 0. The maximum Gasteiger partial charge on any atom is 0.0658 e. The summed E-state index contributed by atoms with van der Waals surface area (Å²) in [6, 6.07) is 4.21. The molecule has 0 aromatic rings. The molecular formula is C8H12N2. The summed E-state index contributed by atoms with van der Waals surface area (Å²) >= 11 is 0. The molecule has 0 bridgehead atoms. The van der Waals surface area contributed by atoms with Crippen molar-refractivity contribution in [1.29, 1.82) is 10.5 Å². The highest BCUT2D eigenvalue weighted by Crippen LogP contribution is 2.28. The molecule has 2 nitrogen and oxygen atoms in total. The second-order valence-corrected chi connectivity index (χ2v) is 3.17. The van der Waals surface area contributed by atoms with Crippen molar-refractivity contribution in [2.24, 2.45) is 11.3 Å². The number of nitrogens with zero attached hydrogens (tertiary/aromatic N) is 2. The lowest BCUT2D eigenvalue weighted by Crippen LogP contribution is -2.19. The Morgan fingerprint density at radius 3 is 2.20 bits per heavy atom. The van der Waals surface area contributed by atoms with E-state index in [-0.39, 0.29) is 11.3 Å². The van der Waals surface area contributed by atoms with E-state index in [0.717, 1.165) is 0 Å². The minimum atomic E-state index is -0.163. The summed E-state index contributed by atoms with van der Waals surface area (Å²) in [7, 11) is 0. The van der Waals surface area contributed by atoms with E-state index in [9.17, 15) is 0 Å². The van der Waals surface area contributed by atoms with Crippen LogP contribution in [0.4, 0.5) is 0 Å². The Balaban J connectivity index is 4.16. The molecule has 0 heterocycles. The second kappa shape index (κ2) is 3.22. The summed E-state index contributed by atoms with van der Waals surface area (Å²) in [5.74, 6) is -0.0489. The van der Waals surface area contributed by atoms with E-state index < -0.39 is 0 Å². The Morgan fingerprint density at radius 2 is 1.90 bits per heavy atom. The van der Waals surface area contributed by atoms with Gasteiger partial charge in [-0.05, 0) is 12.3 Å². The molecule has 0 aliphatic carbocycles. The van der Waals surface area contributed by atoms with Crippen LogP contribution < -0.4 is 0 Å². The first kappa shape index (κ1) is 8.98. The van der Waals surface area contributed by atoms with E-state index in [1.807, 2.05) is 20.8 Å². The molecule has 0 aliphatic heterocycles. The van der Waals surface area contributed by atoms with Crippen LogP contribution in [0.25, 0.3) is 0 Å². The van der Waals surface area contributed by atoms with Gasteiger partial charge >= 0.3 is 0 Å². The Kier molecular flexibility index (Phi) is 2.90. The van der Waals surface area contributed by atoms with Gasteiger partial charge < -0.3 is 0 Å². The first-order valence-corrected chi connectivity index (χ1v) is 3.31. The average Bonchev–Trinajstić information content (AvgIpc) is 1.86. The summed E-state index contributed by atoms with van der Waals surface area (Å²) in [5, 5.41) is 16.9. The highest BCUT2D eigenvalue weighted by atomic mass is 14.4. The van der Waals surface area contributed by atoms with Gasteiger partial charge in [-0.3, -0.25) is 0 Å². The summed E-state index contributed by atoms with van der Waals surface area (Å²) in [6.45, 7) is 5.71. The van der Waals surface area contributed by atoms with Crippen LogP contribution in [0, 0.1) is 34.0 Å². The second-order valence-electron chi connectivity index (χ2n) is 3.17. The maximum absolute atomic E-state index is 8.54. The van der Waals surface area contributed by atoms with Crippen molar-refractivity contribution in [3.05, 3.63) is 0 Å². The van der Waals surface area contributed by atoms with Gasteiger partial charge in [0.1, 0.15) is 0 Å². The lowest BCUT2D eigenvalue weighted by Gasteiger charge is -2.23. The van der Waals surface area contributed by atoms with Crippen molar-refractivity contribution in [2.75, 3.05) is 0 Å². The first-order chi connectivity index (χ1) is 4.54. The van der Waals surface area contributed by atoms with E-state index in [1.54, 1.807) is 0 Å². The Labute approximate surface area is 62.1 Å². The van der Waals surface area contributed by atoms with Crippen LogP contribution in [0.15, 0.2) is 0 Å². The van der Waals surface area contributed by atoms with Crippen LogP contribution in [0.1, 0.15) is 27.2 Å². The van der Waals surface area contributed by atoms with E-state index in [0.29, 0.717) is 6.42 Å². The lowest BCUT2D eigenvalue weighted by atomic mass is 9.79. The maximum atomic E-state index is 8.54. The van der Waals surface area contributed by atoms with Gasteiger partial charge in [-0.25, -0.2) is 0 Å². The van der Waals surface area contributed by atoms with E-state index in [1.165, 1.54) is 0 Å². The third-order valence-corrected chi connectivity index (χ3v) is 1.90. The minimum Gasteiger partial charge on any atom is -0.198 e. The van der Waals surface area contributed by atoms with Crippen molar-refractivity contribution >= 4 is 0 Å². The zero-order valence-corrected chi connectivity index (χ0v) is 6.68. The molecule has 0 radical (unpaired) electrons. The van der Waals surface area contributed by atoms with Gasteiger partial charge in [-0.15, -0.1) is 0 Å². The highest BCUT2D eigenvalue weighted by molar-refractivity contribution is 4.94. The van der Waals surface area contributed by atoms with Crippen LogP contribution in [0.3, 0.4) is 0 Å². The standard InChI is InChI=1S/C8H12N2/c1-7(6-10)8(2,3)4-5-9/h7H,4H2,1-3H3. The largest absolute Gasteiger partial charge is 0.198 e. The number of nitriles is 2. The van der Waals surface area contributed by atoms with E-state index in [2.05, 4.69) is 12.1 Å². The van der Waals surface area contributed by atoms with Crippen LogP contribution in [0.2, 0.25) is 0 Å². The smallest absolute Gasteiger partial charge is 0.0658 e. The highest BCUT2D eigenvalue weighted by Gasteiger charge is 2.24. The Bertz CT molecular complexity index is 180. The molecule has 1 atom stereocenters. The third-order valence-electron chi connectivity index (χ3n) is 1.90. The molecule has 0 saturated heterocycles. The minimum absolute atomic E-state index is 0.0489. The Morgan fingerprint density at radius 1 is 1.40 bits per heavy atom. The van der Waals surface area contributed by atoms with E-state index in [4.69, 9.17) is 10.5 Å². The molecule has 0 saturated carbocycles. The first-order valence-electron chi connectivity index (χ1n) is 3.31. The Hall–Kier alpha value is -1.02. The molecule has 0 spiro atoms. The summed E-state index contributed by atoms with van der Waals surface area (Å²) in [6.07, 6.45) is 0.446. The fourth-order valence-electron chi connectivity index (χ4n) is 0.532. The average molecular weight is 136 g/mol. The van der Waals surface area contributed by atoms with Crippen molar-refractivity contribution in [1.82, 2.24) is 0 Å². The molecule has 54 valence electrons. The van der Waals surface area contributed by atoms with Crippen LogP contribution in [-0.2, 0) is 0 Å². The van der Waals surface area contributed by atoms with Gasteiger partial charge in [0.25, 0.3) is 0 Å². The van der Waals surface area contributed by atoms with Gasteiger partial charge in [0.05, 0.1) is 12.1 Å². The quantitative estimate of drug-likeness (QED) is 0.583. The molecule has 1 unspecified atom stereocenters. The van der Waals surface area contributed by atoms with Crippen LogP contribution >= 0.6 is 0 Å². The van der Waals surface area contributed by atoms with Crippen molar-refractivity contribution in [3.63, 3.8) is 0 Å². The predicted molar refractivity (Wildman–Crippen MR) is 38.8 cm³/mol. The van der Waals surface area contributed by atoms with Crippen LogP contribution in [-0.4, -0.2) is 0 Å². The van der Waals surface area contributed by atoms with Gasteiger partial charge in [0, 0.05) is 12.3 Å². The number of rotatable bonds is 2. The normalized spacial score (nSPS) is 13.3. The molecule has 0 amide bonds. The number of hydrogen-bond donors (Lipinski definition) is 0. The molecule has 10 heavy (non-hydrogen) atoms. The molecular weight excluding hydrogens is 124 g/mol. The fraction of sp³-hybridized carbons (Fsp3) is 0.750. The topological polar surface area (TPSA) is 47.6 Å². The summed E-state index contributed by atoms with van der Waals surface area (Å²) in [4.78, 5) is 0. The molecule has 0 N–H and O–H groups in total. The summed E-state index contributed by atoms with van der Waals surface area (Å²) in [5.41, 5.74) is -0.163. The van der Waals surface area contributed by atoms with Crippen molar-refractivity contribution < 1.29 is 0 Å². The molecule has 0 aromatic carbocycles. The molecule has 0 aliphatic rings. The monoisotopic (exact) mass is 136 g/mol. The van der Waals surface area contributed by atoms with Gasteiger partial charge in [-0.2, -0.15) is 10.5 Å². The SMILES string of the molecule is CC(C#N)C(C)(C)CC#N. The molecule has 0 fully saturated rings. The van der Waals surface area contributed by atoms with Gasteiger partial charge in [0.2, 0.25) is 0 Å². The number of hydrogen-bond acceptors (Lipinski definition) is 2. The molecule has 0 aromatic heterocycles. The van der Waals surface area contributed by atoms with Gasteiger partial charge in [-0.1, -0.05) is 13.8 Å².